The van der Waals surface area contributed by atoms with Crippen LogP contribution in [0.4, 0.5) is 5.69 Å². The van der Waals surface area contributed by atoms with E-state index in [1.807, 2.05) is 49.4 Å². The zero-order chi connectivity index (χ0) is 20.4. The number of carbonyl (C=O) groups is 2. The van der Waals surface area contributed by atoms with Crippen LogP contribution >= 0.6 is 38.5 Å². The van der Waals surface area contributed by atoms with Gasteiger partial charge in [-0.15, -0.1) is 5.10 Å². The number of rotatable bonds is 4. The molecule has 146 valence electrons. The number of ether oxygens (including phenoxy) is 1. The minimum Gasteiger partial charge on any atom is -0.448 e. The number of anilines is 1. The number of nitrogens with zero attached hydrogens (tertiary/aromatic N) is 3. The Bertz CT molecular complexity index is 946. The lowest BCUT2D eigenvalue weighted by Gasteiger charge is -2.28. The van der Waals surface area contributed by atoms with E-state index in [2.05, 4.69) is 43.6 Å². The number of hydrogen-bond acceptors (Lipinski definition) is 4. The number of hydrogen-bond donors (Lipinski definition) is 0. The van der Waals surface area contributed by atoms with E-state index in [0.717, 1.165) is 24.9 Å². The highest BCUT2D eigenvalue weighted by molar-refractivity contribution is 14.1. The van der Waals surface area contributed by atoms with Crippen LogP contribution in [0.1, 0.15) is 25.0 Å². The summed E-state index contributed by atoms with van der Waals surface area (Å²) in [7, 11) is 0. The van der Waals surface area contributed by atoms with E-state index in [0.29, 0.717) is 5.90 Å². The quantitative estimate of drug-likeness (QED) is 0.529. The maximum atomic E-state index is 12.4. The van der Waals surface area contributed by atoms with E-state index in [4.69, 9.17) is 4.74 Å². The molecule has 2 aromatic carbocycles. The average Bonchev–Trinajstić information content (AvgIpc) is 3.05. The number of aryl methyl sites for hydroxylation is 1. The van der Waals surface area contributed by atoms with E-state index in [1.54, 1.807) is 4.90 Å². The molecule has 8 heteroatoms. The molecule has 3 rings (SSSR count). The topological polar surface area (TPSA) is 62.2 Å². The lowest BCUT2D eigenvalue weighted by atomic mass is 10.1. The average molecular weight is 556 g/mol. The van der Waals surface area contributed by atoms with Crippen molar-refractivity contribution >= 4 is 61.9 Å². The van der Waals surface area contributed by atoms with E-state index < -0.39 is 6.23 Å². The molecule has 2 amide bonds. The van der Waals surface area contributed by atoms with Crippen LogP contribution in [-0.2, 0) is 14.3 Å². The van der Waals surface area contributed by atoms with E-state index >= 15 is 0 Å². The van der Waals surface area contributed by atoms with Crippen LogP contribution in [0.2, 0.25) is 0 Å². The van der Waals surface area contributed by atoms with Gasteiger partial charge in [-0.1, -0.05) is 15.9 Å². The second kappa shape index (κ2) is 8.60. The lowest BCUT2D eigenvalue weighted by molar-refractivity contribution is -0.135. The summed E-state index contributed by atoms with van der Waals surface area (Å²) in [6.07, 6.45) is -0.696. The van der Waals surface area contributed by atoms with Gasteiger partial charge in [-0.3, -0.25) is 9.59 Å². The van der Waals surface area contributed by atoms with Gasteiger partial charge in [0.15, 0.2) is 0 Å². The fourth-order valence-corrected chi connectivity index (χ4v) is 3.86. The standard InChI is InChI=1S/C20H19BrIN3O3/c1-12-10-17(22)8-9-18(12)24(13(2)26)11-19-25(14(3)27)23-20(28-19)15-4-6-16(21)7-5-15/h4-10,19H,11H2,1-3H3. The number of benzene rings is 2. The fraction of sp³-hybridized carbons (Fsp3) is 0.250. The van der Waals surface area contributed by atoms with Crippen molar-refractivity contribution < 1.29 is 14.3 Å². The highest BCUT2D eigenvalue weighted by atomic mass is 127. The van der Waals surface area contributed by atoms with Gasteiger partial charge in [-0.2, -0.15) is 5.01 Å². The maximum absolute atomic E-state index is 12.4. The largest absolute Gasteiger partial charge is 0.448 e. The predicted octanol–water partition coefficient (Wildman–Crippen LogP) is 4.28. The lowest BCUT2D eigenvalue weighted by Crippen LogP contribution is -2.44. The molecule has 0 N–H and O–H groups in total. The molecule has 1 aliphatic heterocycles. The van der Waals surface area contributed by atoms with Gasteiger partial charge in [0.25, 0.3) is 0 Å². The van der Waals surface area contributed by atoms with Crippen LogP contribution in [0, 0.1) is 10.5 Å². The summed E-state index contributed by atoms with van der Waals surface area (Å²) >= 11 is 5.63. The normalized spacial score (nSPS) is 15.8. The molecule has 0 saturated heterocycles. The summed E-state index contributed by atoms with van der Waals surface area (Å²) in [5.74, 6) is -0.0241. The zero-order valence-corrected chi connectivity index (χ0v) is 19.4. The Balaban J connectivity index is 1.87. The molecule has 0 aliphatic carbocycles. The number of halogens is 2. The van der Waals surface area contributed by atoms with Crippen LogP contribution in [0.3, 0.4) is 0 Å². The molecular weight excluding hydrogens is 537 g/mol. The summed E-state index contributed by atoms with van der Waals surface area (Å²) in [5.41, 5.74) is 2.53. The van der Waals surface area contributed by atoms with Crippen LogP contribution in [0.5, 0.6) is 0 Å². The SMILES string of the molecule is CC(=O)N(CC1OC(c2ccc(Br)cc2)=NN1C(C)=O)c1ccc(I)cc1C. The highest BCUT2D eigenvalue weighted by Crippen LogP contribution is 2.26. The zero-order valence-electron chi connectivity index (χ0n) is 15.6. The molecular formula is C20H19BrIN3O3. The van der Waals surface area contributed by atoms with Gasteiger partial charge in [-0.05, 0) is 77.5 Å². The first-order chi connectivity index (χ1) is 13.3. The molecule has 2 aromatic rings. The Morgan fingerprint density at radius 3 is 2.46 bits per heavy atom. The Morgan fingerprint density at radius 2 is 1.89 bits per heavy atom. The predicted molar refractivity (Wildman–Crippen MR) is 120 cm³/mol. The molecule has 0 bridgehead atoms. The van der Waals surface area contributed by atoms with Crippen molar-refractivity contribution in [1.82, 2.24) is 5.01 Å². The summed E-state index contributed by atoms with van der Waals surface area (Å²) < 4.78 is 8.00. The first kappa shape index (κ1) is 20.8. The Kier molecular flexibility index (Phi) is 6.39. The molecule has 28 heavy (non-hydrogen) atoms. The van der Waals surface area contributed by atoms with Crippen molar-refractivity contribution in [3.8, 4) is 0 Å². The van der Waals surface area contributed by atoms with Crippen LogP contribution in [-0.4, -0.2) is 35.5 Å². The van der Waals surface area contributed by atoms with Crippen molar-refractivity contribution in [2.75, 3.05) is 11.4 Å². The molecule has 0 fully saturated rings. The van der Waals surface area contributed by atoms with Crippen molar-refractivity contribution in [1.29, 1.82) is 0 Å². The summed E-state index contributed by atoms with van der Waals surface area (Å²) in [6, 6.07) is 13.3. The number of amides is 2. The summed E-state index contributed by atoms with van der Waals surface area (Å²) in [6.45, 7) is 5.06. The van der Waals surface area contributed by atoms with Gasteiger partial charge in [0.2, 0.25) is 23.9 Å². The van der Waals surface area contributed by atoms with Crippen molar-refractivity contribution in [3.05, 3.63) is 61.6 Å². The van der Waals surface area contributed by atoms with Gasteiger partial charge in [0.1, 0.15) is 0 Å². The van der Waals surface area contributed by atoms with Crippen molar-refractivity contribution in [3.63, 3.8) is 0 Å². The maximum Gasteiger partial charge on any atom is 0.243 e. The molecule has 0 spiro atoms. The second-order valence-corrected chi connectivity index (χ2v) is 8.57. The first-order valence-corrected chi connectivity index (χ1v) is 10.5. The molecule has 1 heterocycles. The van der Waals surface area contributed by atoms with Gasteiger partial charge in [0.05, 0.1) is 6.54 Å². The third-order valence-electron chi connectivity index (χ3n) is 4.30. The van der Waals surface area contributed by atoms with Crippen molar-refractivity contribution in [2.45, 2.75) is 27.0 Å². The Hall–Kier alpha value is -1.94. The van der Waals surface area contributed by atoms with Gasteiger partial charge < -0.3 is 9.64 Å². The first-order valence-electron chi connectivity index (χ1n) is 8.61. The third kappa shape index (κ3) is 4.54. The molecule has 0 saturated carbocycles. The second-order valence-electron chi connectivity index (χ2n) is 6.41. The Labute approximate surface area is 185 Å². The van der Waals surface area contributed by atoms with Gasteiger partial charge in [-0.25, -0.2) is 0 Å². The van der Waals surface area contributed by atoms with Gasteiger partial charge in [0, 0.05) is 33.1 Å². The summed E-state index contributed by atoms with van der Waals surface area (Å²) in [4.78, 5) is 26.1. The molecule has 0 aromatic heterocycles. The number of hydrazone groups is 1. The monoisotopic (exact) mass is 555 g/mol. The van der Waals surface area contributed by atoms with Crippen LogP contribution in [0.25, 0.3) is 0 Å². The van der Waals surface area contributed by atoms with E-state index in [9.17, 15) is 9.59 Å². The van der Waals surface area contributed by atoms with Crippen LogP contribution < -0.4 is 4.90 Å². The molecule has 6 nitrogen and oxygen atoms in total. The van der Waals surface area contributed by atoms with Gasteiger partial charge >= 0.3 is 0 Å². The number of carbonyl (C=O) groups excluding carboxylic acids is 2. The van der Waals surface area contributed by atoms with E-state index in [1.165, 1.54) is 18.9 Å². The smallest absolute Gasteiger partial charge is 0.243 e. The highest BCUT2D eigenvalue weighted by Gasteiger charge is 2.34. The van der Waals surface area contributed by atoms with Crippen molar-refractivity contribution in [2.24, 2.45) is 5.10 Å². The van der Waals surface area contributed by atoms with E-state index in [-0.39, 0.29) is 18.4 Å². The minimum absolute atomic E-state index is 0.131. The molecule has 1 atom stereocenters. The minimum atomic E-state index is -0.696. The Morgan fingerprint density at radius 1 is 1.21 bits per heavy atom. The fourth-order valence-electron chi connectivity index (χ4n) is 2.95. The summed E-state index contributed by atoms with van der Waals surface area (Å²) in [5, 5.41) is 5.62. The molecule has 1 unspecified atom stereocenters. The third-order valence-corrected chi connectivity index (χ3v) is 5.50. The molecule has 1 aliphatic rings. The molecule has 0 radical (unpaired) electrons. The van der Waals surface area contributed by atoms with Crippen LogP contribution in [0.15, 0.2) is 52.0 Å².